The molecule has 0 radical (unpaired) electrons. The molecule has 2 unspecified atom stereocenters. The standard InChI is InChI=1S/C27H28ClF3O6S/c1-24-6-5-13(32)7-16(24)17(30)8-15-14-9-21-27(20(34)11-38-12-29,25(14,2)10-19(33)26(15,24)31)37-23(36-21)18-3-4-22(28)35-18/h3-7,14-15,17,19,21,23,33H,8-12H2,1-2H3/t14?,15-,17-,19-,21+,23?,24-,25-,26-,27+/m0/s1. The predicted octanol–water partition coefficient (Wildman–Crippen LogP) is 5.24. The molecular weight excluding hydrogens is 545 g/mol. The van der Waals surface area contributed by atoms with E-state index in [1.54, 1.807) is 13.0 Å². The van der Waals surface area contributed by atoms with Crippen molar-refractivity contribution in [2.24, 2.45) is 22.7 Å². The minimum atomic E-state index is -2.30. The van der Waals surface area contributed by atoms with Gasteiger partial charge in [0, 0.05) is 16.7 Å². The molecule has 0 aromatic carbocycles. The van der Waals surface area contributed by atoms with Gasteiger partial charge in [-0.3, -0.25) is 9.59 Å². The summed E-state index contributed by atoms with van der Waals surface area (Å²) >= 11 is 6.72. The van der Waals surface area contributed by atoms with Crippen molar-refractivity contribution in [1.29, 1.82) is 0 Å². The second kappa shape index (κ2) is 8.70. The van der Waals surface area contributed by atoms with Gasteiger partial charge in [0.15, 0.2) is 33.8 Å². The number of halogens is 4. The average Bonchev–Trinajstić information content (AvgIpc) is 3.53. The topological polar surface area (TPSA) is 86.0 Å². The maximum atomic E-state index is 17.4. The van der Waals surface area contributed by atoms with Crippen molar-refractivity contribution in [2.45, 2.75) is 69.0 Å². The lowest BCUT2D eigenvalue weighted by Gasteiger charge is -2.63. The van der Waals surface area contributed by atoms with E-state index in [4.69, 9.17) is 25.5 Å². The van der Waals surface area contributed by atoms with Crippen LogP contribution in [0.15, 0.2) is 40.4 Å². The Hall–Kier alpha value is -1.59. The zero-order chi connectivity index (χ0) is 27.3. The lowest BCUT2D eigenvalue weighted by Crippen LogP contribution is -2.70. The average molecular weight is 573 g/mol. The maximum Gasteiger partial charge on any atom is 0.218 e. The van der Waals surface area contributed by atoms with Gasteiger partial charge in [0.1, 0.15) is 12.2 Å². The summed E-state index contributed by atoms with van der Waals surface area (Å²) in [5.41, 5.74) is -6.63. The maximum absolute atomic E-state index is 17.4. The third kappa shape index (κ3) is 3.21. The Kier molecular flexibility index (Phi) is 6.10. The molecule has 206 valence electrons. The van der Waals surface area contributed by atoms with E-state index in [0.717, 1.165) is 17.8 Å². The van der Waals surface area contributed by atoms with Crippen molar-refractivity contribution in [3.8, 4) is 0 Å². The van der Waals surface area contributed by atoms with Crippen LogP contribution >= 0.6 is 23.4 Å². The summed E-state index contributed by atoms with van der Waals surface area (Å²) in [5, 5.41) is 11.7. The zero-order valence-corrected chi connectivity index (χ0v) is 22.4. The Morgan fingerprint density at radius 3 is 2.71 bits per heavy atom. The molecule has 0 bridgehead atoms. The summed E-state index contributed by atoms with van der Waals surface area (Å²) in [6.45, 7) is 3.27. The Labute approximate surface area is 226 Å². The minimum absolute atomic E-state index is 0.0250. The lowest BCUT2D eigenvalue weighted by molar-refractivity contribution is -0.235. The molecule has 10 atom stereocenters. The summed E-state index contributed by atoms with van der Waals surface area (Å²) < 4.78 is 64.2. The van der Waals surface area contributed by atoms with Crippen molar-refractivity contribution in [2.75, 3.05) is 11.8 Å². The fourth-order valence-corrected chi connectivity index (χ4v) is 8.90. The van der Waals surface area contributed by atoms with Gasteiger partial charge < -0.3 is 19.0 Å². The first-order chi connectivity index (χ1) is 17.9. The number of aliphatic hydroxyl groups excluding tert-OH is 1. The quantitative estimate of drug-likeness (QED) is 0.516. The van der Waals surface area contributed by atoms with Crippen LogP contribution in [0.4, 0.5) is 13.2 Å². The van der Waals surface area contributed by atoms with E-state index < -0.39 is 76.2 Å². The number of Topliss-reactive ketones (excluding diaryl/α,β-unsaturated/α-hetero) is 1. The summed E-state index contributed by atoms with van der Waals surface area (Å²) in [4.78, 5) is 25.9. The number of aliphatic hydroxyl groups is 1. The fourth-order valence-electron chi connectivity index (χ4n) is 8.27. The molecule has 6 nitrogen and oxygen atoms in total. The molecule has 6 rings (SSSR count). The SMILES string of the molecule is C[C@]12C=CC(=O)C=C1[C@@H](F)C[C@H]1C3C[C@H]4OC(c5ccc(Cl)o5)O[C@@]4(C(=O)CSCF)[C@@]3(C)C[C@H](O)[C@@]12F. The number of fused-ring (bicyclic) bond motifs is 7. The molecule has 5 aliphatic rings. The highest BCUT2D eigenvalue weighted by Crippen LogP contribution is 2.72. The minimum Gasteiger partial charge on any atom is -0.444 e. The van der Waals surface area contributed by atoms with Gasteiger partial charge in [-0.15, -0.1) is 11.8 Å². The van der Waals surface area contributed by atoms with Crippen LogP contribution in [-0.2, 0) is 19.1 Å². The van der Waals surface area contributed by atoms with E-state index in [1.165, 1.54) is 25.1 Å². The van der Waals surface area contributed by atoms with E-state index in [9.17, 15) is 19.1 Å². The van der Waals surface area contributed by atoms with Gasteiger partial charge in [-0.2, -0.15) is 0 Å². The molecule has 2 heterocycles. The number of carbonyl (C=O) groups is 2. The summed E-state index contributed by atoms with van der Waals surface area (Å²) in [5.74, 6) is -2.44. The molecule has 38 heavy (non-hydrogen) atoms. The van der Waals surface area contributed by atoms with Crippen LogP contribution in [0.5, 0.6) is 0 Å². The first kappa shape index (κ1) is 26.6. The van der Waals surface area contributed by atoms with Gasteiger partial charge >= 0.3 is 0 Å². The third-order valence-corrected chi connectivity index (χ3v) is 10.7. The Morgan fingerprint density at radius 1 is 1.26 bits per heavy atom. The number of carbonyl (C=O) groups excluding carboxylic acids is 2. The summed E-state index contributed by atoms with van der Waals surface area (Å²) in [6, 6.07) is 2.28. The van der Waals surface area contributed by atoms with Gasteiger partial charge in [-0.1, -0.05) is 13.0 Å². The van der Waals surface area contributed by atoms with Crippen LogP contribution < -0.4 is 0 Å². The third-order valence-electron chi connectivity index (χ3n) is 9.92. The Balaban J connectivity index is 1.44. The van der Waals surface area contributed by atoms with Gasteiger partial charge in [0.2, 0.25) is 6.29 Å². The lowest BCUT2D eigenvalue weighted by atomic mass is 9.44. The monoisotopic (exact) mass is 572 g/mol. The zero-order valence-electron chi connectivity index (χ0n) is 20.8. The number of alkyl halides is 3. The van der Waals surface area contributed by atoms with Crippen LogP contribution in [0.2, 0.25) is 5.22 Å². The van der Waals surface area contributed by atoms with E-state index >= 15 is 8.78 Å². The second-order valence-corrected chi connectivity index (χ2v) is 12.7. The van der Waals surface area contributed by atoms with Crippen LogP contribution in [0.1, 0.15) is 45.2 Å². The molecule has 0 spiro atoms. The normalized spacial score (nSPS) is 47.2. The molecule has 1 saturated heterocycles. The summed E-state index contributed by atoms with van der Waals surface area (Å²) in [6.07, 6.45) is -1.71. The highest BCUT2D eigenvalue weighted by molar-refractivity contribution is 7.99. The van der Waals surface area contributed by atoms with Crippen molar-refractivity contribution in [3.63, 3.8) is 0 Å². The molecular formula is C27H28ClF3O6S. The molecule has 1 N–H and O–H groups in total. The fraction of sp³-hybridized carbons (Fsp3) is 0.630. The predicted molar refractivity (Wildman–Crippen MR) is 133 cm³/mol. The van der Waals surface area contributed by atoms with Crippen LogP contribution in [0.3, 0.4) is 0 Å². The molecule has 3 saturated carbocycles. The van der Waals surface area contributed by atoms with Crippen LogP contribution in [0, 0.1) is 22.7 Å². The number of ether oxygens (including phenoxy) is 2. The number of rotatable bonds is 5. The van der Waals surface area contributed by atoms with E-state index in [-0.39, 0.29) is 41.6 Å². The number of thioether (sulfide) groups is 1. The molecule has 11 heteroatoms. The van der Waals surface area contributed by atoms with Crippen molar-refractivity contribution in [1.82, 2.24) is 0 Å². The van der Waals surface area contributed by atoms with Crippen molar-refractivity contribution in [3.05, 3.63) is 46.9 Å². The second-order valence-electron chi connectivity index (χ2n) is 11.4. The largest absolute Gasteiger partial charge is 0.444 e. The number of hydrogen-bond donors (Lipinski definition) is 1. The highest BCUT2D eigenvalue weighted by atomic mass is 35.5. The Bertz CT molecular complexity index is 1250. The van der Waals surface area contributed by atoms with Gasteiger partial charge in [0.25, 0.3) is 0 Å². The smallest absolute Gasteiger partial charge is 0.218 e. The molecule has 1 aromatic rings. The molecule has 0 amide bonds. The van der Waals surface area contributed by atoms with E-state index in [0.29, 0.717) is 0 Å². The molecule has 4 aliphatic carbocycles. The van der Waals surface area contributed by atoms with Crippen LogP contribution in [0.25, 0.3) is 0 Å². The number of furan rings is 1. The first-order valence-electron chi connectivity index (χ1n) is 12.6. The molecule has 1 aromatic heterocycles. The van der Waals surface area contributed by atoms with Gasteiger partial charge in [-0.05, 0) is 73.6 Å². The number of allylic oxidation sites excluding steroid dienone is 4. The van der Waals surface area contributed by atoms with Crippen molar-refractivity contribution >= 4 is 34.9 Å². The number of ketones is 2. The van der Waals surface area contributed by atoms with Crippen LogP contribution in [-0.4, -0.2) is 58.1 Å². The molecule has 1 aliphatic heterocycles. The van der Waals surface area contributed by atoms with E-state index in [2.05, 4.69) is 0 Å². The number of hydrogen-bond acceptors (Lipinski definition) is 7. The van der Waals surface area contributed by atoms with E-state index in [1.807, 2.05) is 0 Å². The van der Waals surface area contributed by atoms with Crippen molar-refractivity contribution < 1.29 is 41.8 Å². The highest BCUT2D eigenvalue weighted by Gasteiger charge is 2.80. The van der Waals surface area contributed by atoms with Gasteiger partial charge in [0.05, 0.1) is 18.0 Å². The first-order valence-corrected chi connectivity index (χ1v) is 14.2. The van der Waals surface area contributed by atoms with Gasteiger partial charge in [-0.25, -0.2) is 13.2 Å². The Morgan fingerprint density at radius 2 is 2.03 bits per heavy atom. The summed E-state index contributed by atoms with van der Waals surface area (Å²) in [7, 11) is 0. The molecule has 4 fully saturated rings.